The summed E-state index contributed by atoms with van der Waals surface area (Å²) in [5.41, 5.74) is -0.979. The van der Waals surface area contributed by atoms with Gasteiger partial charge in [-0.05, 0) is 49.9 Å². The number of aromatic nitrogens is 1. The summed E-state index contributed by atoms with van der Waals surface area (Å²) in [4.78, 5) is 40.2. The first kappa shape index (κ1) is 28.9. The molecular weight excluding hydrogens is 568 g/mol. The maximum absolute atomic E-state index is 15.4. The molecule has 0 radical (unpaired) electrons. The van der Waals surface area contributed by atoms with Crippen molar-refractivity contribution in [3.8, 4) is 5.75 Å². The van der Waals surface area contributed by atoms with Gasteiger partial charge in [0.1, 0.15) is 29.7 Å². The summed E-state index contributed by atoms with van der Waals surface area (Å²) >= 11 is 0. The highest BCUT2D eigenvalue weighted by Gasteiger charge is 2.36. The third-order valence-corrected chi connectivity index (χ3v) is 8.28. The second-order valence-corrected chi connectivity index (χ2v) is 11.2. The number of benzene rings is 2. The number of ether oxygens (including phenoxy) is 3. The number of rotatable bonds is 8. The number of carbonyl (C=O) groups excluding carboxylic acids is 2. The van der Waals surface area contributed by atoms with Gasteiger partial charge in [-0.1, -0.05) is 0 Å². The van der Waals surface area contributed by atoms with Gasteiger partial charge in [-0.2, -0.15) is 0 Å². The summed E-state index contributed by atoms with van der Waals surface area (Å²) in [5.74, 6) is -2.22. The van der Waals surface area contributed by atoms with Crippen molar-refractivity contribution in [1.82, 2.24) is 4.57 Å². The van der Waals surface area contributed by atoms with Crippen LogP contribution in [-0.2, 0) is 9.47 Å². The number of hydrogen-bond acceptors (Lipinski definition) is 9. The lowest BCUT2D eigenvalue weighted by atomic mass is 9.92. The smallest absolute Gasteiger partial charge is 0.414 e. The Morgan fingerprint density at radius 2 is 1.86 bits per heavy atom. The van der Waals surface area contributed by atoms with Crippen LogP contribution in [0.15, 0.2) is 41.3 Å². The molecule has 2 aliphatic heterocycles. The van der Waals surface area contributed by atoms with Gasteiger partial charge in [0.25, 0.3) is 0 Å². The van der Waals surface area contributed by atoms with Crippen molar-refractivity contribution in [2.75, 3.05) is 49.8 Å². The molecule has 13 heteroatoms. The van der Waals surface area contributed by atoms with E-state index in [0.29, 0.717) is 5.52 Å². The summed E-state index contributed by atoms with van der Waals surface area (Å²) in [6, 6.07) is 6.84. The van der Waals surface area contributed by atoms with E-state index in [0.717, 1.165) is 25.0 Å². The lowest BCUT2D eigenvalue weighted by Gasteiger charge is -2.39. The van der Waals surface area contributed by atoms with Crippen LogP contribution in [0.25, 0.3) is 10.9 Å². The summed E-state index contributed by atoms with van der Waals surface area (Å²) in [7, 11) is 1.19. The molecule has 43 heavy (non-hydrogen) atoms. The number of anilines is 2. The molecule has 1 aromatic heterocycles. The van der Waals surface area contributed by atoms with Gasteiger partial charge in [0.05, 0.1) is 37.2 Å². The van der Waals surface area contributed by atoms with Gasteiger partial charge in [-0.3, -0.25) is 9.69 Å². The molecule has 3 aromatic rings. The molecular formula is C30H31F2N3O8. The largest absolute Gasteiger partial charge is 0.488 e. The van der Waals surface area contributed by atoms with Crippen LogP contribution < -0.4 is 20.0 Å². The normalized spacial score (nSPS) is 19.9. The molecule has 1 atom stereocenters. The van der Waals surface area contributed by atoms with Crippen LogP contribution in [0, 0.1) is 11.6 Å². The Morgan fingerprint density at radius 3 is 2.49 bits per heavy atom. The van der Waals surface area contributed by atoms with Crippen molar-refractivity contribution >= 4 is 34.3 Å². The average Bonchev–Trinajstić information content (AvgIpc) is 3.77. The fourth-order valence-corrected chi connectivity index (χ4v) is 5.63. The first-order valence-corrected chi connectivity index (χ1v) is 14.1. The predicted octanol–water partition coefficient (Wildman–Crippen LogP) is 3.13. The van der Waals surface area contributed by atoms with Crippen molar-refractivity contribution in [3.05, 3.63) is 63.9 Å². The second kappa shape index (κ2) is 11.1. The van der Waals surface area contributed by atoms with Crippen molar-refractivity contribution < 1.29 is 42.8 Å². The summed E-state index contributed by atoms with van der Waals surface area (Å²) in [6.07, 6.45) is 2.29. The third-order valence-electron chi connectivity index (χ3n) is 8.28. The van der Waals surface area contributed by atoms with Crippen LogP contribution in [0.2, 0.25) is 0 Å². The number of pyridine rings is 1. The Hall–Kier alpha value is -4.23. The van der Waals surface area contributed by atoms with Gasteiger partial charge in [-0.15, -0.1) is 0 Å². The van der Waals surface area contributed by atoms with E-state index in [1.54, 1.807) is 11.0 Å². The highest BCUT2D eigenvalue weighted by molar-refractivity contribution is 5.94. The number of methoxy groups -OCH3 is 1. The van der Waals surface area contributed by atoms with Crippen LogP contribution in [0.5, 0.6) is 5.75 Å². The van der Waals surface area contributed by atoms with Gasteiger partial charge in [0.15, 0.2) is 11.6 Å². The Bertz CT molecular complexity index is 1650. The van der Waals surface area contributed by atoms with Crippen LogP contribution in [0.4, 0.5) is 25.0 Å². The zero-order valence-electron chi connectivity index (χ0n) is 23.4. The summed E-state index contributed by atoms with van der Waals surface area (Å²) in [5, 5.41) is 20.5. The van der Waals surface area contributed by atoms with E-state index >= 15 is 4.39 Å². The number of aliphatic hydroxyl groups excluding tert-OH is 1. The minimum atomic E-state index is -1.30. The first-order chi connectivity index (χ1) is 20.6. The van der Waals surface area contributed by atoms with Gasteiger partial charge in [0.2, 0.25) is 5.43 Å². The van der Waals surface area contributed by atoms with Crippen molar-refractivity contribution in [2.24, 2.45) is 0 Å². The van der Waals surface area contributed by atoms with Crippen molar-refractivity contribution in [2.45, 2.75) is 43.4 Å². The first-order valence-electron chi connectivity index (χ1n) is 14.1. The zero-order chi connectivity index (χ0) is 30.5. The SMILES string of the molecule is COC(=O)c1cn(C2CC2)c2cc(N3CCC(O)(COc4ccc(N5C[C@H](CO)OC5=O)cc4F)CC3)c(F)cc2c1=O. The monoisotopic (exact) mass is 599 g/mol. The lowest BCUT2D eigenvalue weighted by molar-refractivity contribution is -0.0250. The topological polar surface area (TPSA) is 131 Å². The van der Waals surface area contributed by atoms with E-state index in [9.17, 15) is 29.0 Å². The molecule has 0 spiro atoms. The molecule has 2 N–H and O–H groups in total. The predicted molar refractivity (Wildman–Crippen MR) is 151 cm³/mol. The van der Waals surface area contributed by atoms with Gasteiger partial charge in [0, 0.05) is 36.8 Å². The Labute approximate surface area is 244 Å². The molecule has 3 fully saturated rings. The summed E-state index contributed by atoms with van der Waals surface area (Å²) in [6.45, 7) is 0.111. The molecule has 228 valence electrons. The maximum atomic E-state index is 15.4. The fraction of sp³-hybridized carbons (Fsp3) is 0.433. The Balaban J connectivity index is 1.15. The molecule has 6 rings (SSSR count). The number of amides is 1. The average molecular weight is 600 g/mol. The standard InChI is InChI=1S/C30H31F2N3O8/c1-41-28(38)21-14-34(17-2-3-17)24-12-25(22(31)11-20(24)27(21)37)33-8-6-30(40,7-9-33)16-42-26-5-4-18(10-23(26)32)35-13-19(15-36)43-29(35)39/h4-5,10-12,14,17,19,36,40H,2-3,6-9,13,15-16H2,1H3/t19-/m1/s1. The number of carbonyl (C=O) groups is 2. The van der Waals surface area contributed by atoms with Crippen molar-refractivity contribution in [1.29, 1.82) is 0 Å². The minimum Gasteiger partial charge on any atom is -0.488 e. The highest BCUT2D eigenvalue weighted by atomic mass is 19.1. The second-order valence-electron chi connectivity index (χ2n) is 11.2. The molecule has 11 nitrogen and oxygen atoms in total. The van der Waals surface area contributed by atoms with E-state index in [2.05, 4.69) is 0 Å². The third kappa shape index (κ3) is 5.50. The van der Waals surface area contributed by atoms with Gasteiger partial charge < -0.3 is 33.9 Å². The van der Waals surface area contributed by atoms with E-state index < -0.39 is 40.8 Å². The van der Waals surface area contributed by atoms with Crippen LogP contribution >= 0.6 is 0 Å². The number of halogens is 2. The molecule has 1 amide bonds. The zero-order valence-corrected chi connectivity index (χ0v) is 23.4. The van der Waals surface area contributed by atoms with E-state index in [-0.39, 0.29) is 79.8 Å². The van der Waals surface area contributed by atoms with Gasteiger partial charge in [-0.25, -0.2) is 18.4 Å². The van der Waals surface area contributed by atoms with Crippen molar-refractivity contribution in [3.63, 3.8) is 0 Å². The highest BCUT2D eigenvalue weighted by Crippen LogP contribution is 2.39. The number of piperidine rings is 1. The number of aliphatic hydroxyl groups is 2. The van der Waals surface area contributed by atoms with Crippen LogP contribution in [0.3, 0.4) is 0 Å². The number of esters is 1. The van der Waals surface area contributed by atoms with Crippen LogP contribution in [0.1, 0.15) is 42.1 Å². The molecule has 0 bridgehead atoms. The summed E-state index contributed by atoms with van der Waals surface area (Å²) < 4.78 is 47.4. The molecule has 3 heterocycles. The molecule has 0 unspecified atom stereocenters. The van der Waals surface area contributed by atoms with E-state index in [1.807, 2.05) is 4.57 Å². The quantitative estimate of drug-likeness (QED) is 0.375. The van der Waals surface area contributed by atoms with E-state index in [4.69, 9.17) is 14.2 Å². The minimum absolute atomic E-state index is 0.0934. The molecule has 3 aliphatic rings. The number of nitrogens with zero attached hydrogens (tertiary/aromatic N) is 3. The molecule has 2 saturated heterocycles. The van der Waals surface area contributed by atoms with Crippen LogP contribution in [-0.4, -0.2) is 78.5 Å². The molecule has 1 saturated carbocycles. The fourth-order valence-electron chi connectivity index (χ4n) is 5.63. The van der Waals surface area contributed by atoms with Gasteiger partial charge >= 0.3 is 12.1 Å². The molecule has 2 aromatic carbocycles. The molecule has 1 aliphatic carbocycles. The number of hydrogen-bond donors (Lipinski definition) is 2. The van der Waals surface area contributed by atoms with E-state index in [1.165, 1.54) is 30.3 Å². The Morgan fingerprint density at radius 1 is 1.12 bits per heavy atom. The number of cyclic esters (lactones) is 1. The number of fused-ring (bicyclic) bond motifs is 1. The lowest BCUT2D eigenvalue weighted by Crippen LogP contribution is -2.48. The maximum Gasteiger partial charge on any atom is 0.414 e. The Kier molecular flexibility index (Phi) is 7.46.